The van der Waals surface area contributed by atoms with Crippen LogP contribution in [0.3, 0.4) is 0 Å². The fourth-order valence-corrected chi connectivity index (χ4v) is 3.53. The molecule has 6 atom stereocenters. The van der Waals surface area contributed by atoms with Crippen LogP contribution in [0.15, 0.2) is 48.5 Å². The van der Waals surface area contributed by atoms with Gasteiger partial charge in [-0.1, -0.05) is 30.3 Å². The maximum atomic E-state index is 12.5. The van der Waals surface area contributed by atoms with Crippen LogP contribution in [-0.4, -0.2) is 63.5 Å². The van der Waals surface area contributed by atoms with Crippen molar-refractivity contribution in [3.63, 3.8) is 0 Å². The zero-order chi connectivity index (χ0) is 20.5. The molecule has 8 nitrogen and oxygen atoms in total. The standard InChI is InChI=1S/C21H22O8/c22-10-17-18(24)19(25)20(26)21(29-17)27-12-6-7-13-14(23)9-15(28-16(13)8-12)11-4-2-1-3-5-11/h1-8,15,17-22,24-26H,9-10H2/t15-,17?,18+,19-,20?,21+/m0/s1. The number of hydrogen-bond acceptors (Lipinski definition) is 8. The van der Waals surface area contributed by atoms with Crippen molar-refractivity contribution in [1.29, 1.82) is 0 Å². The highest BCUT2D eigenvalue weighted by Gasteiger charge is 2.44. The second kappa shape index (κ2) is 8.10. The SMILES string of the molecule is O=C1C[C@@H](c2ccccc2)Oc2cc(O[C@@H]3OC(CO)[C@@H](O)[C@H](O)C3O)ccc21. The van der Waals surface area contributed by atoms with Crippen LogP contribution < -0.4 is 9.47 Å². The quantitative estimate of drug-likeness (QED) is 0.585. The Bertz CT molecular complexity index is 868. The zero-order valence-electron chi connectivity index (χ0n) is 15.4. The molecule has 0 bridgehead atoms. The molecule has 2 unspecified atom stereocenters. The molecule has 1 saturated heterocycles. The average Bonchev–Trinajstić information content (AvgIpc) is 2.74. The normalized spacial score (nSPS) is 31.7. The molecule has 154 valence electrons. The second-order valence-electron chi connectivity index (χ2n) is 7.12. The molecule has 0 aliphatic carbocycles. The molecule has 4 N–H and O–H groups in total. The minimum atomic E-state index is -1.54. The lowest BCUT2D eigenvalue weighted by Crippen LogP contribution is -2.60. The summed E-state index contributed by atoms with van der Waals surface area (Å²) in [6.07, 6.45) is -7.11. The highest BCUT2D eigenvalue weighted by Crippen LogP contribution is 2.37. The molecule has 2 aromatic rings. The van der Waals surface area contributed by atoms with Crippen LogP contribution in [-0.2, 0) is 4.74 Å². The maximum absolute atomic E-state index is 12.5. The molecule has 4 rings (SSSR count). The molecule has 0 saturated carbocycles. The van der Waals surface area contributed by atoms with Crippen molar-refractivity contribution < 1.29 is 39.4 Å². The minimum absolute atomic E-state index is 0.0560. The molecular formula is C21H22O8. The summed E-state index contributed by atoms with van der Waals surface area (Å²) >= 11 is 0. The van der Waals surface area contributed by atoms with Crippen molar-refractivity contribution >= 4 is 5.78 Å². The maximum Gasteiger partial charge on any atom is 0.229 e. The number of rotatable bonds is 4. The first-order valence-corrected chi connectivity index (χ1v) is 9.34. The van der Waals surface area contributed by atoms with Gasteiger partial charge in [0.2, 0.25) is 6.29 Å². The first-order chi connectivity index (χ1) is 14.0. The Balaban J connectivity index is 1.54. The Kier molecular flexibility index (Phi) is 5.53. The first-order valence-electron chi connectivity index (χ1n) is 9.34. The van der Waals surface area contributed by atoms with E-state index < -0.39 is 43.4 Å². The number of carbonyl (C=O) groups is 1. The van der Waals surface area contributed by atoms with Crippen LogP contribution >= 0.6 is 0 Å². The summed E-state index contributed by atoms with van der Waals surface area (Å²) < 4.78 is 17.0. The van der Waals surface area contributed by atoms with E-state index in [4.69, 9.17) is 14.2 Å². The lowest BCUT2D eigenvalue weighted by atomic mass is 9.96. The van der Waals surface area contributed by atoms with E-state index in [9.17, 15) is 25.2 Å². The highest BCUT2D eigenvalue weighted by atomic mass is 16.7. The Morgan fingerprint density at radius 3 is 2.48 bits per heavy atom. The number of aliphatic hydroxyl groups is 4. The number of Topliss-reactive ketones (excluding diaryl/α,β-unsaturated/α-hetero) is 1. The summed E-state index contributed by atoms with van der Waals surface area (Å²) in [6, 6.07) is 14.0. The van der Waals surface area contributed by atoms with Gasteiger partial charge in [-0.15, -0.1) is 0 Å². The van der Waals surface area contributed by atoms with Crippen molar-refractivity contribution in [3.05, 3.63) is 59.7 Å². The lowest BCUT2D eigenvalue weighted by molar-refractivity contribution is -0.277. The molecular weight excluding hydrogens is 380 g/mol. The van der Waals surface area contributed by atoms with Crippen molar-refractivity contribution in [2.24, 2.45) is 0 Å². The third-order valence-corrected chi connectivity index (χ3v) is 5.17. The van der Waals surface area contributed by atoms with Gasteiger partial charge in [0.25, 0.3) is 0 Å². The van der Waals surface area contributed by atoms with Crippen LogP contribution in [0.1, 0.15) is 28.4 Å². The lowest BCUT2D eigenvalue weighted by Gasteiger charge is -2.39. The Morgan fingerprint density at radius 1 is 1.00 bits per heavy atom. The van der Waals surface area contributed by atoms with Gasteiger partial charge >= 0.3 is 0 Å². The summed E-state index contributed by atoms with van der Waals surface area (Å²) in [5.41, 5.74) is 1.31. The number of aliphatic hydroxyl groups excluding tert-OH is 4. The van der Waals surface area contributed by atoms with Gasteiger partial charge in [-0.2, -0.15) is 0 Å². The van der Waals surface area contributed by atoms with Gasteiger partial charge in [-0.05, 0) is 17.7 Å². The molecule has 2 aromatic carbocycles. The Morgan fingerprint density at radius 2 is 1.76 bits per heavy atom. The topological polar surface area (TPSA) is 126 Å². The largest absolute Gasteiger partial charge is 0.484 e. The third-order valence-electron chi connectivity index (χ3n) is 5.17. The minimum Gasteiger partial charge on any atom is -0.484 e. The first kappa shape index (κ1) is 19.8. The Hall–Kier alpha value is -2.49. The molecule has 8 heteroatoms. The molecule has 2 aliphatic rings. The average molecular weight is 402 g/mol. The number of hydrogen-bond donors (Lipinski definition) is 4. The highest BCUT2D eigenvalue weighted by molar-refractivity contribution is 6.00. The summed E-state index contributed by atoms with van der Waals surface area (Å²) in [6.45, 7) is -0.550. The molecule has 29 heavy (non-hydrogen) atoms. The van der Waals surface area contributed by atoms with E-state index in [-0.39, 0.29) is 18.0 Å². The number of benzene rings is 2. The van der Waals surface area contributed by atoms with Crippen molar-refractivity contribution in [2.75, 3.05) is 6.61 Å². The predicted octanol–water partition coefficient (Wildman–Crippen LogP) is 0.572. The second-order valence-corrected chi connectivity index (χ2v) is 7.12. The molecule has 1 fully saturated rings. The van der Waals surface area contributed by atoms with Crippen LogP contribution in [0, 0.1) is 0 Å². The van der Waals surface area contributed by atoms with Crippen molar-refractivity contribution in [1.82, 2.24) is 0 Å². The smallest absolute Gasteiger partial charge is 0.229 e. The number of carbonyl (C=O) groups excluding carboxylic acids is 1. The van der Waals surface area contributed by atoms with Gasteiger partial charge in [0.15, 0.2) is 5.78 Å². The third kappa shape index (κ3) is 3.85. The van der Waals surface area contributed by atoms with E-state index in [2.05, 4.69) is 0 Å². The number of ether oxygens (including phenoxy) is 3. The van der Waals surface area contributed by atoms with E-state index in [1.54, 1.807) is 6.07 Å². The van der Waals surface area contributed by atoms with Gasteiger partial charge in [0.05, 0.1) is 18.6 Å². The number of fused-ring (bicyclic) bond motifs is 1. The van der Waals surface area contributed by atoms with E-state index in [0.717, 1.165) is 5.56 Å². The fourth-order valence-electron chi connectivity index (χ4n) is 3.53. The van der Waals surface area contributed by atoms with Gasteiger partial charge in [-0.25, -0.2) is 0 Å². The van der Waals surface area contributed by atoms with Gasteiger partial charge in [0, 0.05) is 6.07 Å². The van der Waals surface area contributed by atoms with Gasteiger partial charge < -0.3 is 34.6 Å². The van der Waals surface area contributed by atoms with E-state index in [1.165, 1.54) is 12.1 Å². The molecule has 0 aromatic heterocycles. The van der Waals surface area contributed by atoms with Crippen molar-refractivity contribution in [3.8, 4) is 11.5 Å². The molecule has 0 spiro atoms. The zero-order valence-corrected chi connectivity index (χ0v) is 15.4. The van der Waals surface area contributed by atoms with E-state index in [0.29, 0.717) is 11.3 Å². The predicted molar refractivity (Wildman–Crippen MR) is 99.6 cm³/mol. The molecule has 2 aliphatic heterocycles. The van der Waals surface area contributed by atoms with Gasteiger partial charge in [0.1, 0.15) is 42.0 Å². The van der Waals surface area contributed by atoms with Crippen LogP contribution in [0.25, 0.3) is 0 Å². The Labute approximate surface area is 166 Å². The molecule has 0 radical (unpaired) electrons. The summed E-state index contributed by atoms with van der Waals surface area (Å²) in [7, 11) is 0. The van der Waals surface area contributed by atoms with E-state index in [1.807, 2.05) is 30.3 Å². The summed E-state index contributed by atoms with van der Waals surface area (Å²) in [5.74, 6) is 0.534. The number of ketones is 1. The van der Waals surface area contributed by atoms with Gasteiger partial charge in [-0.3, -0.25) is 4.79 Å². The summed E-state index contributed by atoms with van der Waals surface area (Å²) in [4.78, 5) is 12.5. The van der Waals surface area contributed by atoms with Crippen LogP contribution in [0.2, 0.25) is 0 Å². The van der Waals surface area contributed by atoms with Crippen LogP contribution in [0.5, 0.6) is 11.5 Å². The van der Waals surface area contributed by atoms with Crippen molar-refractivity contribution in [2.45, 2.75) is 43.2 Å². The fraction of sp³-hybridized carbons (Fsp3) is 0.381. The molecule has 2 heterocycles. The van der Waals surface area contributed by atoms with Crippen LogP contribution in [0.4, 0.5) is 0 Å². The summed E-state index contributed by atoms with van der Waals surface area (Å²) in [5, 5.41) is 39.2. The van der Waals surface area contributed by atoms with E-state index >= 15 is 0 Å². The molecule has 0 amide bonds. The monoisotopic (exact) mass is 402 g/mol.